The van der Waals surface area contributed by atoms with Crippen molar-refractivity contribution in [2.45, 2.75) is 29.0 Å². The van der Waals surface area contributed by atoms with Crippen molar-refractivity contribution in [2.24, 2.45) is 0 Å². The average Bonchev–Trinajstić information content (AvgIpc) is 2.19. The molecule has 16 heavy (non-hydrogen) atoms. The van der Waals surface area contributed by atoms with Gasteiger partial charge in [0.2, 0.25) is 5.91 Å². The summed E-state index contributed by atoms with van der Waals surface area (Å²) in [5.41, 5.74) is 1.19. The van der Waals surface area contributed by atoms with Gasteiger partial charge in [0.25, 0.3) is 0 Å². The van der Waals surface area contributed by atoms with E-state index >= 15 is 0 Å². The molecule has 1 rings (SSSR count). The molecule has 0 aliphatic carbocycles. The van der Waals surface area contributed by atoms with Crippen molar-refractivity contribution >= 4 is 40.9 Å². The monoisotopic (exact) mass is 277 g/mol. The molecular formula is C11H13Cl2NOS. The van der Waals surface area contributed by atoms with E-state index in [0.29, 0.717) is 0 Å². The third-order valence-electron chi connectivity index (χ3n) is 1.86. The van der Waals surface area contributed by atoms with Gasteiger partial charge in [-0.15, -0.1) is 23.2 Å². The van der Waals surface area contributed by atoms with Gasteiger partial charge in [0.15, 0.2) is 0 Å². The van der Waals surface area contributed by atoms with E-state index in [4.69, 9.17) is 23.2 Å². The summed E-state index contributed by atoms with van der Waals surface area (Å²) in [5, 5.41) is 2.37. The molecular weight excluding hydrogens is 265 g/mol. The van der Waals surface area contributed by atoms with Crippen molar-refractivity contribution < 1.29 is 4.79 Å². The molecule has 1 N–H and O–H groups in total. The van der Waals surface area contributed by atoms with Gasteiger partial charge in [-0.2, -0.15) is 0 Å². The Morgan fingerprint density at radius 1 is 1.31 bits per heavy atom. The Morgan fingerprint density at radius 2 is 1.88 bits per heavy atom. The van der Waals surface area contributed by atoms with Gasteiger partial charge in [0.05, 0.1) is 0 Å². The molecule has 1 unspecified atom stereocenters. The molecule has 0 saturated heterocycles. The smallest absolute Gasteiger partial charge is 0.217 e. The number of nitrogens with one attached hydrogen (secondary N) is 1. The Bertz CT molecular complexity index is 354. The second kappa shape index (κ2) is 6.38. The second-order valence-electron chi connectivity index (χ2n) is 3.39. The summed E-state index contributed by atoms with van der Waals surface area (Å²) in [5.74, 6) is -0.143. The molecule has 1 atom stereocenters. The Morgan fingerprint density at radius 3 is 2.31 bits per heavy atom. The minimum atomic E-state index is -0.643. The molecule has 0 radical (unpaired) electrons. The number of benzene rings is 1. The van der Waals surface area contributed by atoms with E-state index in [1.165, 1.54) is 24.2 Å². The Labute approximate surface area is 110 Å². The standard InChI is InChI=1S/C11H13Cl2NOS/c1-7-3-5-9(6-4-7)16-11(10(12)13)14-8(2)15/h3-6,10-11H,1-2H3,(H,14,15). The van der Waals surface area contributed by atoms with Crippen LogP contribution in [0.2, 0.25) is 0 Å². The van der Waals surface area contributed by atoms with Crippen molar-refractivity contribution in [3.05, 3.63) is 29.8 Å². The highest BCUT2D eigenvalue weighted by molar-refractivity contribution is 8.00. The first-order valence-corrected chi connectivity index (χ1v) is 6.53. The molecule has 1 aromatic carbocycles. The van der Waals surface area contributed by atoms with E-state index in [2.05, 4.69) is 5.32 Å². The molecule has 0 aliphatic heterocycles. The van der Waals surface area contributed by atoms with Crippen LogP contribution in [0.15, 0.2) is 29.2 Å². The van der Waals surface area contributed by atoms with E-state index in [-0.39, 0.29) is 11.3 Å². The number of carbonyl (C=O) groups is 1. The fourth-order valence-corrected chi connectivity index (χ4v) is 2.46. The lowest BCUT2D eigenvalue weighted by Crippen LogP contribution is -2.35. The van der Waals surface area contributed by atoms with Crippen molar-refractivity contribution in [3.63, 3.8) is 0 Å². The molecule has 0 aromatic heterocycles. The number of halogens is 2. The molecule has 1 aromatic rings. The number of hydrogen-bond acceptors (Lipinski definition) is 2. The summed E-state index contributed by atoms with van der Waals surface area (Å²) in [6.07, 6.45) is 0. The normalized spacial score (nSPS) is 12.6. The first-order valence-electron chi connectivity index (χ1n) is 4.77. The SMILES string of the molecule is CC(=O)NC(Sc1ccc(C)cc1)C(Cl)Cl. The predicted molar refractivity (Wildman–Crippen MR) is 70.1 cm³/mol. The highest BCUT2D eigenvalue weighted by Gasteiger charge is 2.19. The van der Waals surface area contributed by atoms with Crippen molar-refractivity contribution in [3.8, 4) is 0 Å². The lowest BCUT2D eigenvalue weighted by Gasteiger charge is -2.18. The third kappa shape index (κ3) is 4.64. The topological polar surface area (TPSA) is 29.1 Å². The quantitative estimate of drug-likeness (QED) is 0.520. The first kappa shape index (κ1) is 13.7. The van der Waals surface area contributed by atoms with Crippen molar-refractivity contribution in [1.82, 2.24) is 5.32 Å². The Hall–Kier alpha value is -0.380. The molecule has 88 valence electrons. The van der Waals surface area contributed by atoms with E-state index in [1.54, 1.807) is 0 Å². The summed E-state index contributed by atoms with van der Waals surface area (Å²) in [4.78, 5) is 11.3. The number of carbonyl (C=O) groups excluding carboxylic acids is 1. The van der Waals surface area contributed by atoms with Gasteiger partial charge in [-0.1, -0.05) is 29.5 Å². The van der Waals surface area contributed by atoms with Gasteiger partial charge in [0, 0.05) is 11.8 Å². The van der Waals surface area contributed by atoms with Gasteiger partial charge in [0.1, 0.15) is 10.2 Å². The van der Waals surface area contributed by atoms with Gasteiger partial charge >= 0.3 is 0 Å². The number of aryl methyl sites for hydroxylation is 1. The lowest BCUT2D eigenvalue weighted by atomic mass is 10.2. The van der Waals surface area contributed by atoms with Gasteiger partial charge in [-0.3, -0.25) is 4.79 Å². The van der Waals surface area contributed by atoms with Gasteiger partial charge < -0.3 is 5.32 Å². The van der Waals surface area contributed by atoms with Crippen LogP contribution < -0.4 is 5.32 Å². The molecule has 0 fully saturated rings. The molecule has 0 spiro atoms. The van der Waals surface area contributed by atoms with Crippen LogP contribution >= 0.6 is 35.0 Å². The predicted octanol–water partition coefficient (Wildman–Crippen LogP) is 3.35. The molecule has 1 amide bonds. The summed E-state index contributed by atoms with van der Waals surface area (Å²) in [6.45, 7) is 3.46. The highest BCUT2D eigenvalue weighted by Crippen LogP contribution is 2.27. The maximum Gasteiger partial charge on any atom is 0.217 e. The van der Waals surface area contributed by atoms with Crippen LogP contribution in [-0.4, -0.2) is 16.1 Å². The zero-order valence-electron chi connectivity index (χ0n) is 9.04. The zero-order chi connectivity index (χ0) is 12.1. The van der Waals surface area contributed by atoms with E-state index in [1.807, 2.05) is 31.2 Å². The highest BCUT2D eigenvalue weighted by atomic mass is 35.5. The molecule has 0 bridgehead atoms. The fraction of sp³-hybridized carbons (Fsp3) is 0.364. The van der Waals surface area contributed by atoms with Crippen LogP contribution in [0.3, 0.4) is 0 Å². The number of amides is 1. The van der Waals surface area contributed by atoms with Crippen LogP contribution in [0.5, 0.6) is 0 Å². The van der Waals surface area contributed by atoms with Gasteiger partial charge in [-0.25, -0.2) is 0 Å². The third-order valence-corrected chi connectivity index (χ3v) is 3.85. The maximum absolute atomic E-state index is 11.0. The minimum absolute atomic E-state index is 0.143. The molecule has 0 saturated carbocycles. The molecule has 5 heteroatoms. The number of rotatable bonds is 4. The van der Waals surface area contributed by atoms with E-state index in [0.717, 1.165) is 4.90 Å². The zero-order valence-corrected chi connectivity index (χ0v) is 11.4. The van der Waals surface area contributed by atoms with Gasteiger partial charge in [-0.05, 0) is 19.1 Å². The minimum Gasteiger partial charge on any atom is -0.342 e. The Balaban J connectivity index is 2.67. The summed E-state index contributed by atoms with van der Waals surface area (Å²) < 4.78 is 0. The summed E-state index contributed by atoms with van der Waals surface area (Å²) in [7, 11) is 0. The van der Waals surface area contributed by atoms with Crippen LogP contribution in [0, 0.1) is 6.92 Å². The van der Waals surface area contributed by atoms with Crippen LogP contribution in [0.4, 0.5) is 0 Å². The van der Waals surface area contributed by atoms with Crippen LogP contribution in [0.1, 0.15) is 12.5 Å². The van der Waals surface area contributed by atoms with Crippen molar-refractivity contribution in [1.29, 1.82) is 0 Å². The lowest BCUT2D eigenvalue weighted by molar-refractivity contribution is -0.119. The van der Waals surface area contributed by atoms with Crippen LogP contribution in [0.25, 0.3) is 0 Å². The van der Waals surface area contributed by atoms with E-state index < -0.39 is 4.84 Å². The Kier molecular flexibility index (Phi) is 5.46. The molecule has 0 heterocycles. The van der Waals surface area contributed by atoms with E-state index in [9.17, 15) is 4.79 Å². The molecule has 0 aliphatic rings. The second-order valence-corrected chi connectivity index (χ2v) is 5.77. The first-order chi connectivity index (χ1) is 7.49. The number of hydrogen-bond donors (Lipinski definition) is 1. The fourth-order valence-electron chi connectivity index (χ4n) is 1.11. The maximum atomic E-state index is 11.0. The number of thioether (sulfide) groups is 1. The largest absolute Gasteiger partial charge is 0.342 e. The average molecular weight is 278 g/mol. The summed E-state index contributed by atoms with van der Waals surface area (Å²) in [6, 6.07) is 7.96. The molecule has 2 nitrogen and oxygen atoms in total. The number of alkyl halides is 2. The van der Waals surface area contributed by atoms with Crippen molar-refractivity contribution in [2.75, 3.05) is 0 Å². The summed E-state index contributed by atoms with van der Waals surface area (Å²) >= 11 is 13.0. The van der Waals surface area contributed by atoms with Crippen LogP contribution in [-0.2, 0) is 4.79 Å².